The van der Waals surface area contributed by atoms with Crippen LogP contribution in [-0.4, -0.2) is 0 Å². The second-order valence-corrected chi connectivity index (χ2v) is 5.39. The standard InChI is InChI=1S/C16H28/c1-5-6-7-8-9-10-11-12-13-14-15-16(2,3)4/h6-7,9-10,12-13H,5,8,11,14-15H2,1-4H3/b7-6-,10-9-,13-12-. The predicted octanol–water partition coefficient (Wildman–Crippen LogP) is 5.67. The van der Waals surface area contributed by atoms with Gasteiger partial charge < -0.3 is 0 Å². The molecule has 0 aromatic carbocycles. The lowest BCUT2D eigenvalue weighted by molar-refractivity contribution is 0.381. The predicted molar refractivity (Wildman–Crippen MR) is 75.6 cm³/mol. The molecule has 0 spiro atoms. The maximum atomic E-state index is 2.30. The highest BCUT2D eigenvalue weighted by molar-refractivity contribution is 4.97. The topological polar surface area (TPSA) is 0 Å². The van der Waals surface area contributed by atoms with Crippen LogP contribution in [0.5, 0.6) is 0 Å². The van der Waals surface area contributed by atoms with Gasteiger partial charge in [0.1, 0.15) is 0 Å². The summed E-state index contributed by atoms with van der Waals surface area (Å²) in [6.07, 6.45) is 19.2. The fraction of sp³-hybridized carbons (Fsp3) is 0.625. The highest BCUT2D eigenvalue weighted by Gasteiger charge is 2.07. The summed E-state index contributed by atoms with van der Waals surface area (Å²) in [7, 11) is 0. The molecule has 0 aromatic rings. The van der Waals surface area contributed by atoms with E-state index in [-0.39, 0.29) is 0 Å². The summed E-state index contributed by atoms with van der Waals surface area (Å²) in [5.74, 6) is 0. The van der Waals surface area contributed by atoms with Crippen molar-refractivity contribution in [1.29, 1.82) is 0 Å². The summed E-state index contributed by atoms with van der Waals surface area (Å²) in [5, 5.41) is 0. The van der Waals surface area contributed by atoms with Crippen molar-refractivity contribution in [2.75, 3.05) is 0 Å². The molecule has 0 nitrogen and oxygen atoms in total. The summed E-state index contributed by atoms with van der Waals surface area (Å²) in [6.45, 7) is 9.04. The summed E-state index contributed by atoms with van der Waals surface area (Å²) in [4.78, 5) is 0. The summed E-state index contributed by atoms with van der Waals surface area (Å²) < 4.78 is 0. The summed E-state index contributed by atoms with van der Waals surface area (Å²) in [6, 6.07) is 0. The minimum atomic E-state index is 0.463. The molecule has 0 atom stereocenters. The monoisotopic (exact) mass is 220 g/mol. The number of rotatable bonds is 7. The lowest BCUT2D eigenvalue weighted by Crippen LogP contribution is -2.02. The van der Waals surface area contributed by atoms with Crippen LogP contribution in [0.15, 0.2) is 36.5 Å². The molecule has 0 bridgehead atoms. The molecule has 0 fully saturated rings. The van der Waals surface area contributed by atoms with E-state index in [0.29, 0.717) is 5.41 Å². The summed E-state index contributed by atoms with van der Waals surface area (Å²) in [5.41, 5.74) is 0.463. The Morgan fingerprint density at radius 2 is 1.25 bits per heavy atom. The van der Waals surface area contributed by atoms with E-state index >= 15 is 0 Å². The first-order valence-electron chi connectivity index (χ1n) is 6.51. The van der Waals surface area contributed by atoms with E-state index in [9.17, 15) is 0 Å². The molecule has 92 valence electrons. The zero-order valence-electron chi connectivity index (χ0n) is 11.5. The van der Waals surface area contributed by atoms with Gasteiger partial charge in [-0.05, 0) is 37.5 Å². The van der Waals surface area contributed by atoms with Gasteiger partial charge in [0.2, 0.25) is 0 Å². The van der Waals surface area contributed by atoms with E-state index in [4.69, 9.17) is 0 Å². The average molecular weight is 220 g/mol. The lowest BCUT2D eigenvalue weighted by Gasteiger charge is -2.15. The van der Waals surface area contributed by atoms with E-state index in [1.54, 1.807) is 0 Å². The summed E-state index contributed by atoms with van der Waals surface area (Å²) >= 11 is 0. The largest absolute Gasteiger partial charge is 0.0885 e. The molecule has 0 aromatic heterocycles. The molecule has 0 aliphatic rings. The van der Waals surface area contributed by atoms with Crippen LogP contribution in [0.4, 0.5) is 0 Å². The van der Waals surface area contributed by atoms with Crippen molar-refractivity contribution in [2.45, 2.75) is 59.8 Å². The quantitative estimate of drug-likeness (QED) is 0.485. The van der Waals surface area contributed by atoms with Crippen LogP contribution < -0.4 is 0 Å². The maximum Gasteiger partial charge on any atom is -0.0169 e. The molecule has 0 amide bonds. The minimum absolute atomic E-state index is 0.463. The first-order chi connectivity index (χ1) is 7.56. The van der Waals surface area contributed by atoms with E-state index in [1.165, 1.54) is 12.8 Å². The van der Waals surface area contributed by atoms with Crippen molar-refractivity contribution in [3.63, 3.8) is 0 Å². The second-order valence-electron chi connectivity index (χ2n) is 5.39. The van der Waals surface area contributed by atoms with E-state index in [1.807, 2.05) is 0 Å². The lowest BCUT2D eigenvalue weighted by atomic mass is 9.90. The molecule has 0 heterocycles. The van der Waals surface area contributed by atoms with Crippen LogP contribution in [0.1, 0.15) is 59.8 Å². The van der Waals surface area contributed by atoms with Crippen LogP contribution >= 0.6 is 0 Å². The van der Waals surface area contributed by atoms with Crippen molar-refractivity contribution < 1.29 is 0 Å². The third-order valence-corrected chi connectivity index (χ3v) is 2.34. The van der Waals surface area contributed by atoms with Crippen LogP contribution in [-0.2, 0) is 0 Å². The Bertz CT molecular complexity index is 223. The first-order valence-corrected chi connectivity index (χ1v) is 6.51. The van der Waals surface area contributed by atoms with Gasteiger partial charge in [-0.25, -0.2) is 0 Å². The molecule has 0 saturated heterocycles. The van der Waals surface area contributed by atoms with E-state index < -0.39 is 0 Å². The molecule has 0 saturated carbocycles. The van der Waals surface area contributed by atoms with Gasteiger partial charge in [0.05, 0.1) is 0 Å². The van der Waals surface area contributed by atoms with Crippen molar-refractivity contribution in [3.8, 4) is 0 Å². The smallest absolute Gasteiger partial charge is 0.0169 e. The van der Waals surface area contributed by atoms with Gasteiger partial charge in [-0.1, -0.05) is 64.2 Å². The molecule has 0 N–H and O–H groups in total. The zero-order chi connectivity index (χ0) is 12.3. The van der Waals surface area contributed by atoms with Gasteiger partial charge in [0, 0.05) is 0 Å². The fourth-order valence-electron chi connectivity index (χ4n) is 1.34. The van der Waals surface area contributed by atoms with Gasteiger partial charge in [-0.2, -0.15) is 0 Å². The van der Waals surface area contributed by atoms with Crippen molar-refractivity contribution in [1.82, 2.24) is 0 Å². The van der Waals surface area contributed by atoms with Gasteiger partial charge in [-0.15, -0.1) is 0 Å². The Kier molecular flexibility index (Phi) is 8.99. The molecule has 0 aliphatic carbocycles. The van der Waals surface area contributed by atoms with Gasteiger partial charge >= 0.3 is 0 Å². The molecule has 0 radical (unpaired) electrons. The van der Waals surface area contributed by atoms with E-state index in [0.717, 1.165) is 19.3 Å². The van der Waals surface area contributed by atoms with Crippen LogP contribution in [0.3, 0.4) is 0 Å². The van der Waals surface area contributed by atoms with Gasteiger partial charge in [0.15, 0.2) is 0 Å². The molecular formula is C16H28. The normalized spacial score (nSPS) is 13.5. The van der Waals surface area contributed by atoms with Crippen LogP contribution in [0, 0.1) is 5.41 Å². The van der Waals surface area contributed by atoms with Crippen LogP contribution in [0.25, 0.3) is 0 Å². The van der Waals surface area contributed by atoms with Crippen molar-refractivity contribution in [3.05, 3.63) is 36.5 Å². The van der Waals surface area contributed by atoms with Crippen LogP contribution in [0.2, 0.25) is 0 Å². The molecular weight excluding hydrogens is 192 g/mol. The first kappa shape index (κ1) is 15.2. The highest BCUT2D eigenvalue weighted by atomic mass is 14.1. The Morgan fingerprint density at radius 3 is 1.75 bits per heavy atom. The Morgan fingerprint density at radius 1 is 0.750 bits per heavy atom. The zero-order valence-corrected chi connectivity index (χ0v) is 11.5. The third-order valence-electron chi connectivity index (χ3n) is 2.34. The number of hydrogen-bond donors (Lipinski definition) is 0. The molecule has 16 heavy (non-hydrogen) atoms. The Hall–Kier alpha value is -0.780. The fourth-order valence-corrected chi connectivity index (χ4v) is 1.34. The molecule has 0 aliphatic heterocycles. The van der Waals surface area contributed by atoms with Gasteiger partial charge in [-0.3, -0.25) is 0 Å². The molecule has 0 rings (SSSR count). The molecule has 0 heteroatoms. The average Bonchev–Trinajstić information content (AvgIpc) is 2.19. The van der Waals surface area contributed by atoms with Crippen molar-refractivity contribution in [2.24, 2.45) is 5.41 Å². The Labute approximate surface area is 102 Å². The second kappa shape index (κ2) is 9.45. The van der Waals surface area contributed by atoms with Crippen molar-refractivity contribution >= 4 is 0 Å². The SMILES string of the molecule is CC/C=C\C/C=C\C/C=C\CCC(C)(C)C. The van der Waals surface area contributed by atoms with E-state index in [2.05, 4.69) is 64.2 Å². The van der Waals surface area contributed by atoms with Gasteiger partial charge in [0.25, 0.3) is 0 Å². The molecule has 0 unspecified atom stereocenters. The Balaban J connectivity index is 3.44. The maximum absolute atomic E-state index is 2.30. The highest BCUT2D eigenvalue weighted by Crippen LogP contribution is 2.20. The number of hydrogen-bond acceptors (Lipinski definition) is 0. The number of allylic oxidation sites excluding steroid dienone is 6. The minimum Gasteiger partial charge on any atom is -0.0885 e. The third kappa shape index (κ3) is 13.2.